The van der Waals surface area contributed by atoms with Crippen molar-refractivity contribution in [2.45, 2.75) is 26.7 Å². The molecular formula is C21H21N3O. The van der Waals surface area contributed by atoms with Crippen LogP contribution in [0.2, 0.25) is 0 Å². The molecule has 0 unspecified atom stereocenters. The van der Waals surface area contributed by atoms with Crippen LogP contribution >= 0.6 is 0 Å². The predicted octanol–water partition coefficient (Wildman–Crippen LogP) is 4.63. The molecule has 4 heteroatoms. The molecule has 0 bridgehead atoms. The number of carbonyl (C=O) groups excluding carboxylic acids is 1. The van der Waals surface area contributed by atoms with E-state index < -0.39 is 0 Å². The highest BCUT2D eigenvalue weighted by atomic mass is 16.1. The zero-order chi connectivity index (χ0) is 17.4. The molecule has 0 saturated carbocycles. The summed E-state index contributed by atoms with van der Waals surface area (Å²) in [5, 5.41) is 10.7. The van der Waals surface area contributed by atoms with Crippen molar-refractivity contribution in [3.63, 3.8) is 0 Å². The van der Waals surface area contributed by atoms with E-state index >= 15 is 0 Å². The molecule has 1 aliphatic rings. The fourth-order valence-electron chi connectivity index (χ4n) is 3.40. The van der Waals surface area contributed by atoms with Gasteiger partial charge in [0.25, 0.3) is 0 Å². The normalized spacial score (nSPS) is 12.1. The minimum atomic E-state index is 0.0545. The maximum atomic E-state index is 11.9. The second-order valence-corrected chi connectivity index (χ2v) is 6.98. The van der Waals surface area contributed by atoms with Crippen molar-refractivity contribution in [3.8, 4) is 22.5 Å². The van der Waals surface area contributed by atoms with E-state index in [9.17, 15) is 4.79 Å². The van der Waals surface area contributed by atoms with E-state index in [1.54, 1.807) is 0 Å². The molecule has 2 aromatic carbocycles. The molecule has 1 aromatic heterocycles. The van der Waals surface area contributed by atoms with Crippen molar-refractivity contribution in [2.24, 2.45) is 5.92 Å². The number of aromatic nitrogens is 2. The molecule has 0 saturated heterocycles. The average molecular weight is 331 g/mol. The van der Waals surface area contributed by atoms with Crippen LogP contribution in [-0.2, 0) is 11.2 Å². The van der Waals surface area contributed by atoms with Crippen LogP contribution in [0.3, 0.4) is 0 Å². The van der Waals surface area contributed by atoms with Crippen LogP contribution in [-0.4, -0.2) is 16.1 Å². The molecule has 0 spiro atoms. The summed E-state index contributed by atoms with van der Waals surface area (Å²) in [5.41, 5.74) is 7.83. The SMILES string of the molecule is CC(C)CC(=O)Nc1ccc(-c2n[nH]c3c2Cc2ccccc2-3)cc1. The van der Waals surface area contributed by atoms with Crippen LogP contribution < -0.4 is 5.32 Å². The van der Waals surface area contributed by atoms with Gasteiger partial charge in [0, 0.05) is 35.2 Å². The van der Waals surface area contributed by atoms with E-state index in [1.165, 1.54) is 16.7 Å². The highest BCUT2D eigenvalue weighted by Gasteiger charge is 2.24. The Hall–Kier alpha value is -2.88. The van der Waals surface area contributed by atoms with Crippen LogP contribution in [0.5, 0.6) is 0 Å². The minimum absolute atomic E-state index is 0.0545. The smallest absolute Gasteiger partial charge is 0.224 e. The van der Waals surface area contributed by atoms with Crippen LogP contribution in [0.25, 0.3) is 22.5 Å². The Balaban J connectivity index is 1.56. The van der Waals surface area contributed by atoms with Gasteiger partial charge in [-0.05, 0) is 23.6 Å². The lowest BCUT2D eigenvalue weighted by atomic mass is 10.0. The van der Waals surface area contributed by atoms with Gasteiger partial charge in [-0.1, -0.05) is 50.2 Å². The first kappa shape index (κ1) is 15.6. The van der Waals surface area contributed by atoms with Crippen molar-refractivity contribution in [2.75, 3.05) is 5.32 Å². The molecule has 1 aliphatic carbocycles. The molecule has 1 heterocycles. The molecule has 1 amide bonds. The number of amides is 1. The van der Waals surface area contributed by atoms with E-state index in [4.69, 9.17) is 0 Å². The van der Waals surface area contributed by atoms with Gasteiger partial charge in [-0.2, -0.15) is 5.10 Å². The number of fused-ring (bicyclic) bond motifs is 3. The van der Waals surface area contributed by atoms with Gasteiger partial charge < -0.3 is 5.32 Å². The molecule has 25 heavy (non-hydrogen) atoms. The van der Waals surface area contributed by atoms with Gasteiger partial charge in [-0.25, -0.2) is 0 Å². The first-order valence-electron chi connectivity index (χ1n) is 8.67. The summed E-state index contributed by atoms with van der Waals surface area (Å²) in [6.07, 6.45) is 1.44. The van der Waals surface area contributed by atoms with Crippen LogP contribution in [0, 0.1) is 5.92 Å². The molecular weight excluding hydrogens is 310 g/mol. The third-order valence-corrected chi connectivity index (χ3v) is 4.56. The zero-order valence-corrected chi connectivity index (χ0v) is 14.5. The second kappa shape index (κ2) is 6.20. The summed E-state index contributed by atoms with van der Waals surface area (Å²) in [7, 11) is 0. The number of rotatable bonds is 4. The van der Waals surface area contributed by atoms with Crippen molar-refractivity contribution >= 4 is 11.6 Å². The van der Waals surface area contributed by atoms with Gasteiger partial charge >= 0.3 is 0 Å². The maximum absolute atomic E-state index is 11.9. The Morgan fingerprint density at radius 3 is 2.68 bits per heavy atom. The number of carbonyl (C=O) groups is 1. The number of hydrogen-bond donors (Lipinski definition) is 2. The molecule has 2 N–H and O–H groups in total. The summed E-state index contributed by atoms with van der Waals surface area (Å²) < 4.78 is 0. The molecule has 0 fully saturated rings. The average Bonchev–Trinajstić information content (AvgIpc) is 3.14. The van der Waals surface area contributed by atoms with Gasteiger partial charge in [-0.15, -0.1) is 0 Å². The molecule has 126 valence electrons. The number of hydrogen-bond acceptors (Lipinski definition) is 2. The van der Waals surface area contributed by atoms with Gasteiger partial charge in [0.1, 0.15) is 0 Å². The summed E-state index contributed by atoms with van der Waals surface area (Å²) in [5.74, 6) is 0.409. The standard InChI is InChI=1S/C21H21N3O/c1-13(2)11-19(25)22-16-9-7-14(8-10-16)20-18-12-15-5-3-4-6-17(15)21(18)24-23-20/h3-10,13H,11-12H2,1-2H3,(H,22,25)(H,23,24). The number of nitrogens with one attached hydrogen (secondary N) is 2. The highest BCUT2D eigenvalue weighted by molar-refractivity contribution is 5.91. The van der Waals surface area contributed by atoms with Gasteiger partial charge in [0.05, 0.1) is 11.4 Å². The number of aromatic amines is 1. The Morgan fingerprint density at radius 2 is 1.92 bits per heavy atom. The first-order chi connectivity index (χ1) is 12.1. The maximum Gasteiger partial charge on any atom is 0.224 e. The van der Waals surface area contributed by atoms with E-state index in [1.807, 2.05) is 38.1 Å². The van der Waals surface area contributed by atoms with Gasteiger partial charge in [0.15, 0.2) is 0 Å². The topological polar surface area (TPSA) is 57.8 Å². The third kappa shape index (κ3) is 2.95. The first-order valence-corrected chi connectivity index (χ1v) is 8.67. The molecule has 4 rings (SSSR count). The van der Waals surface area contributed by atoms with Crippen LogP contribution in [0.4, 0.5) is 5.69 Å². The fourth-order valence-corrected chi connectivity index (χ4v) is 3.40. The Kier molecular flexibility index (Phi) is 3.88. The van der Waals surface area contributed by atoms with Crippen molar-refractivity contribution < 1.29 is 4.79 Å². The predicted molar refractivity (Wildman–Crippen MR) is 100 cm³/mol. The summed E-state index contributed by atoms with van der Waals surface area (Å²) in [4.78, 5) is 11.9. The number of nitrogens with zero attached hydrogens (tertiary/aromatic N) is 1. The molecule has 3 aromatic rings. The molecule has 4 nitrogen and oxygen atoms in total. The van der Waals surface area contributed by atoms with Gasteiger partial charge in [0.2, 0.25) is 5.91 Å². The molecule has 0 aliphatic heterocycles. The molecule has 0 radical (unpaired) electrons. The van der Waals surface area contributed by atoms with Crippen LogP contribution in [0.15, 0.2) is 48.5 Å². The lowest BCUT2D eigenvalue weighted by Crippen LogP contribution is -2.13. The van der Waals surface area contributed by atoms with Gasteiger partial charge in [-0.3, -0.25) is 9.89 Å². The summed E-state index contributed by atoms with van der Waals surface area (Å²) in [6, 6.07) is 16.4. The van der Waals surface area contributed by atoms with E-state index in [0.717, 1.165) is 29.1 Å². The summed E-state index contributed by atoms with van der Waals surface area (Å²) in [6.45, 7) is 4.08. The Morgan fingerprint density at radius 1 is 1.16 bits per heavy atom. The van der Waals surface area contributed by atoms with E-state index in [0.29, 0.717) is 12.3 Å². The minimum Gasteiger partial charge on any atom is -0.326 e. The Labute approximate surface area is 147 Å². The quantitative estimate of drug-likeness (QED) is 0.573. The van der Waals surface area contributed by atoms with E-state index in [2.05, 4.69) is 39.8 Å². The number of anilines is 1. The number of H-pyrrole nitrogens is 1. The highest BCUT2D eigenvalue weighted by Crippen LogP contribution is 2.39. The summed E-state index contributed by atoms with van der Waals surface area (Å²) >= 11 is 0. The molecule has 0 atom stereocenters. The van der Waals surface area contributed by atoms with Crippen LogP contribution in [0.1, 0.15) is 31.4 Å². The third-order valence-electron chi connectivity index (χ3n) is 4.56. The largest absolute Gasteiger partial charge is 0.326 e. The monoisotopic (exact) mass is 331 g/mol. The Bertz CT molecular complexity index is 923. The second-order valence-electron chi connectivity index (χ2n) is 6.98. The lowest BCUT2D eigenvalue weighted by molar-refractivity contribution is -0.116. The van der Waals surface area contributed by atoms with Crippen molar-refractivity contribution in [1.29, 1.82) is 0 Å². The number of benzene rings is 2. The lowest BCUT2D eigenvalue weighted by Gasteiger charge is -2.08. The van der Waals surface area contributed by atoms with Crippen molar-refractivity contribution in [3.05, 3.63) is 59.7 Å². The zero-order valence-electron chi connectivity index (χ0n) is 14.5. The fraction of sp³-hybridized carbons (Fsp3) is 0.238. The van der Waals surface area contributed by atoms with E-state index in [-0.39, 0.29) is 5.91 Å². The van der Waals surface area contributed by atoms with Crippen molar-refractivity contribution in [1.82, 2.24) is 10.2 Å².